The number of benzene rings is 1. The molecule has 16 heavy (non-hydrogen) atoms. The third-order valence-corrected chi connectivity index (χ3v) is 3.42. The lowest BCUT2D eigenvalue weighted by Crippen LogP contribution is -2.22. The maximum Gasteiger partial charge on any atom is 0.0802 e. The van der Waals surface area contributed by atoms with Crippen molar-refractivity contribution in [3.63, 3.8) is 0 Å². The Balaban J connectivity index is 1.82. The summed E-state index contributed by atoms with van der Waals surface area (Å²) in [7, 11) is 0. The van der Waals surface area contributed by atoms with Gasteiger partial charge in [0.2, 0.25) is 0 Å². The molecule has 1 saturated heterocycles. The van der Waals surface area contributed by atoms with Crippen LogP contribution in [-0.4, -0.2) is 29.6 Å². The lowest BCUT2D eigenvalue weighted by atomic mass is 10.1. The van der Waals surface area contributed by atoms with Crippen LogP contribution in [0.5, 0.6) is 0 Å². The van der Waals surface area contributed by atoms with Crippen molar-refractivity contribution >= 4 is 11.6 Å². The topological polar surface area (TPSA) is 23.5 Å². The highest BCUT2D eigenvalue weighted by Crippen LogP contribution is 2.20. The lowest BCUT2D eigenvalue weighted by molar-refractivity contribution is 0.149. The van der Waals surface area contributed by atoms with Crippen LogP contribution in [0.1, 0.15) is 30.9 Å². The SMILES string of the molecule is O[C@@H](CCN1CCCC1)c1ccc(Cl)cc1. The van der Waals surface area contributed by atoms with Crippen molar-refractivity contribution in [3.05, 3.63) is 34.9 Å². The van der Waals surface area contributed by atoms with Crippen molar-refractivity contribution in [1.29, 1.82) is 0 Å². The van der Waals surface area contributed by atoms with Crippen LogP contribution in [0.3, 0.4) is 0 Å². The third-order valence-electron chi connectivity index (χ3n) is 3.17. The summed E-state index contributed by atoms with van der Waals surface area (Å²) in [6.45, 7) is 3.37. The zero-order chi connectivity index (χ0) is 11.4. The maximum absolute atomic E-state index is 10.0. The zero-order valence-corrected chi connectivity index (χ0v) is 10.2. The highest BCUT2D eigenvalue weighted by molar-refractivity contribution is 6.30. The first-order chi connectivity index (χ1) is 7.75. The maximum atomic E-state index is 10.0. The molecule has 2 rings (SSSR count). The van der Waals surface area contributed by atoms with Crippen LogP contribution in [-0.2, 0) is 0 Å². The smallest absolute Gasteiger partial charge is 0.0802 e. The van der Waals surface area contributed by atoms with E-state index in [0.29, 0.717) is 0 Å². The second-order valence-electron chi connectivity index (χ2n) is 4.40. The summed E-state index contributed by atoms with van der Waals surface area (Å²) in [6.07, 6.45) is 3.05. The summed E-state index contributed by atoms with van der Waals surface area (Å²) in [5.41, 5.74) is 0.962. The van der Waals surface area contributed by atoms with E-state index in [1.54, 1.807) is 0 Å². The molecule has 3 heteroatoms. The number of aliphatic hydroxyl groups is 1. The van der Waals surface area contributed by atoms with Crippen molar-refractivity contribution in [2.75, 3.05) is 19.6 Å². The molecule has 1 fully saturated rings. The van der Waals surface area contributed by atoms with E-state index >= 15 is 0 Å². The molecule has 0 amide bonds. The van der Waals surface area contributed by atoms with Gasteiger partial charge in [-0.15, -0.1) is 0 Å². The minimum atomic E-state index is -0.363. The second-order valence-corrected chi connectivity index (χ2v) is 4.84. The quantitative estimate of drug-likeness (QED) is 0.874. The number of halogens is 1. The Morgan fingerprint density at radius 2 is 1.81 bits per heavy atom. The van der Waals surface area contributed by atoms with Gasteiger partial charge in [-0.2, -0.15) is 0 Å². The van der Waals surface area contributed by atoms with E-state index in [0.717, 1.165) is 23.6 Å². The molecule has 0 radical (unpaired) electrons. The Morgan fingerprint density at radius 1 is 1.19 bits per heavy atom. The molecule has 1 aromatic rings. The summed E-state index contributed by atoms with van der Waals surface area (Å²) in [6, 6.07) is 7.46. The minimum Gasteiger partial charge on any atom is -0.388 e. The molecular formula is C13H18ClNO. The predicted molar refractivity (Wildman–Crippen MR) is 66.7 cm³/mol. The molecule has 0 aliphatic carbocycles. The normalized spacial score (nSPS) is 18.9. The molecule has 0 aromatic heterocycles. The number of hydrogen-bond donors (Lipinski definition) is 1. The minimum absolute atomic E-state index is 0.363. The van der Waals surface area contributed by atoms with E-state index in [9.17, 15) is 5.11 Å². The fourth-order valence-electron chi connectivity index (χ4n) is 2.16. The standard InChI is InChI=1S/C13H18ClNO/c14-12-5-3-11(4-6-12)13(16)7-10-15-8-1-2-9-15/h3-6,13,16H,1-2,7-10H2/t13-/m0/s1. The Morgan fingerprint density at radius 3 is 2.44 bits per heavy atom. The Kier molecular flexibility index (Phi) is 4.22. The van der Waals surface area contributed by atoms with Gasteiger partial charge in [-0.1, -0.05) is 23.7 Å². The average Bonchev–Trinajstić information content (AvgIpc) is 2.80. The summed E-state index contributed by atoms with van der Waals surface area (Å²) in [5.74, 6) is 0. The van der Waals surface area contributed by atoms with Crippen LogP contribution >= 0.6 is 11.6 Å². The molecule has 0 bridgehead atoms. The summed E-state index contributed by atoms with van der Waals surface area (Å²) in [5, 5.41) is 10.7. The number of likely N-dealkylation sites (tertiary alicyclic amines) is 1. The lowest BCUT2D eigenvalue weighted by Gasteiger charge is -2.17. The molecule has 2 nitrogen and oxygen atoms in total. The molecule has 1 aliphatic rings. The van der Waals surface area contributed by atoms with E-state index in [4.69, 9.17) is 11.6 Å². The van der Waals surface area contributed by atoms with E-state index in [1.807, 2.05) is 24.3 Å². The summed E-state index contributed by atoms with van der Waals surface area (Å²) in [4.78, 5) is 2.42. The Bertz CT molecular complexity index is 319. The molecule has 0 unspecified atom stereocenters. The highest BCUT2D eigenvalue weighted by atomic mass is 35.5. The first-order valence-corrected chi connectivity index (χ1v) is 6.29. The van der Waals surface area contributed by atoms with E-state index in [-0.39, 0.29) is 6.10 Å². The third kappa shape index (κ3) is 3.21. The van der Waals surface area contributed by atoms with Gasteiger partial charge in [0.15, 0.2) is 0 Å². The van der Waals surface area contributed by atoms with Gasteiger partial charge < -0.3 is 10.0 Å². The molecule has 1 N–H and O–H groups in total. The van der Waals surface area contributed by atoms with Gasteiger partial charge in [-0.05, 0) is 50.0 Å². The van der Waals surface area contributed by atoms with Crippen molar-refractivity contribution in [2.45, 2.75) is 25.4 Å². The number of hydrogen-bond acceptors (Lipinski definition) is 2. The number of aliphatic hydroxyl groups excluding tert-OH is 1. The molecular weight excluding hydrogens is 222 g/mol. The highest BCUT2D eigenvalue weighted by Gasteiger charge is 2.14. The zero-order valence-electron chi connectivity index (χ0n) is 9.40. The molecule has 0 saturated carbocycles. The molecule has 88 valence electrons. The van der Waals surface area contributed by atoms with Gasteiger partial charge in [0.05, 0.1) is 6.10 Å². The largest absolute Gasteiger partial charge is 0.388 e. The first-order valence-electron chi connectivity index (χ1n) is 5.91. The van der Waals surface area contributed by atoms with Crippen molar-refractivity contribution in [1.82, 2.24) is 4.90 Å². The average molecular weight is 240 g/mol. The van der Waals surface area contributed by atoms with Crippen molar-refractivity contribution < 1.29 is 5.11 Å². The molecule has 1 aliphatic heterocycles. The number of rotatable bonds is 4. The van der Waals surface area contributed by atoms with Crippen LogP contribution < -0.4 is 0 Å². The van der Waals surface area contributed by atoms with Crippen molar-refractivity contribution in [2.24, 2.45) is 0 Å². The predicted octanol–water partition coefficient (Wildman–Crippen LogP) is 2.86. The van der Waals surface area contributed by atoms with E-state index in [1.165, 1.54) is 25.9 Å². The fraction of sp³-hybridized carbons (Fsp3) is 0.538. The van der Waals surface area contributed by atoms with Gasteiger partial charge in [0.25, 0.3) is 0 Å². The van der Waals surface area contributed by atoms with Gasteiger partial charge in [0.1, 0.15) is 0 Å². The van der Waals surface area contributed by atoms with Gasteiger partial charge >= 0.3 is 0 Å². The van der Waals surface area contributed by atoms with Crippen LogP contribution in [0.15, 0.2) is 24.3 Å². The molecule has 1 heterocycles. The first kappa shape index (κ1) is 11.9. The van der Waals surface area contributed by atoms with Crippen LogP contribution in [0.25, 0.3) is 0 Å². The van der Waals surface area contributed by atoms with Crippen molar-refractivity contribution in [3.8, 4) is 0 Å². The van der Waals surface area contributed by atoms with E-state index in [2.05, 4.69) is 4.90 Å². The Hall–Kier alpha value is -0.570. The monoisotopic (exact) mass is 239 g/mol. The second kappa shape index (κ2) is 5.67. The number of nitrogens with zero attached hydrogens (tertiary/aromatic N) is 1. The molecule has 1 aromatic carbocycles. The van der Waals surface area contributed by atoms with Crippen LogP contribution in [0, 0.1) is 0 Å². The van der Waals surface area contributed by atoms with Crippen LogP contribution in [0.4, 0.5) is 0 Å². The fourth-order valence-corrected chi connectivity index (χ4v) is 2.29. The summed E-state index contributed by atoms with van der Waals surface area (Å²) < 4.78 is 0. The van der Waals surface area contributed by atoms with Gasteiger partial charge in [-0.3, -0.25) is 0 Å². The van der Waals surface area contributed by atoms with Gasteiger partial charge in [-0.25, -0.2) is 0 Å². The van der Waals surface area contributed by atoms with E-state index < -0.39 is 0 Å². The Labute approximate surface area is 102 Å². The van der Waals surface area contributed by atoms with Crippen LogP contribution in [0.2, 0.25) is 5.02 Å². The summed E-state index contributed by atoms with van der Waals surface area (Å²) >= 11 is 5.81. The molecule has 0 spiro atoms. The molecule has 1 atom stereocenters. The van der Waals surface area contributed by atoms with Gasteiger partial charge in [0, 0.05) is 11.6 Å².